The number of carbonyl (C=O) groups excluding carboxylic acids is 1. The maximum atomic E-state index is 11.7. The van der Waals surface area contributed by atoms with Crippen LogP contribution in [0, 0.1) is 0 Å². The average molecular weight is 204 g/mol. The lowest BCUT2D eigenvalue weighted by atomic mass is 10.1. The van der Waals surface area contributed by atoms with Crippen LogP contribution in [-0.4, -0.2) is 11.9 Å². The molecule has 1 atom stereocenters. The minimum absolute atomic E-state index is 0.0696. The van der Waals surface area contributed by atoms with Crippen molar-refractivity contribution in [2.45, 2.75) is 32.2 Å². The molecule has 0 unspecified atom stereocenters. The number of carbonyl (C=O) groups is 1. The molecule has 2 rings (SSSR count). The van der Waals surface area contributed by atoms with E-state index in [-0.39, 0.29) is 11.9 Å². The molecule has 3 nitrogen and oxygen atoms in total. The van der Waals surface area contributed by atoms with Crippen molar-refractivity contribution in [2.75, 3.05) is 10.6 Å². The van der Waals surface area contributed by atoms with Crippen molar-refractivity contribution in [3.63, 3.8) is 0 Å². The molecule has 0 aliphatic carbocycles. The fraction of sp³-hybridized carbons (Fsp3) is 0.417. The van der Waals surface area contributed by atoms with Crippen LogP contribution in [0.15, 0.2) is 24.3 Å². The summed E-state index contributed by atoms with van der Waals surface area (Å²) < 4.78 is 0. The van der Waals surface area contributed by atoms with E-state index in [0.29, 0.717) is 0 Å². The quantitative estimate of drug-likeness (QED) is 0.794. The summed E-state index contributed by atoms with van der Waals surface area (Å²) in [7, 11) is 0. The maximum absolute atomic E-state index is 11.7. The molecule has 2 N–H and O–H groups in total. The summed E-state index contributed by atoms with van der Waals surface area (Å²) in [6.07, 6.45) is 3.09. The standard InChI is InChI=1S/C12H16N2O/c1-2-3-6-11-12(15)14-10-8-5-4-7-9(10)13-11/h4-5,7-8,11,13H,2-3,6H2,1H3,(H,14,15)/t11-/m1/s1. The first-order valence-electron chi connectivity index (χ1n) is 5.47. The van der Waals surface area contributed by atoms with Crippen molar-refractivity contribution in [2.24, 2.45) is 0 Å². The smallest absolute Gasteiger partial charge is 0.246 e. The molecule has 15 heavy (non-hydrogen) atoms. The second-order valence-electron chi connectivity index (χ2n) is 3.87. The summed E-state index contributed by atoms with van der Waals surface area (Å²) in [6, 6.07) is 7.73. The number of para-hydroxylation sites is 2. The SMILES string of the molecule is CCCC[C@H]1Nc2ccccc2NC1=O. The zero-order valence-electron chi connectivity index (χ0n) is 8.92. The van der Waals surface area contributed by atoms with Gasteiger partial charge in [0, 0.05) is 0 Å². The fourth-order valence-electron chi connectivity index (χ4n) is 1.80. The summed E-state index contributed by atoms with van der Waals surface area (Å²) in [5.41, 5.74) is 1.91. The molecule has 0 radical (unpaired) electrons. The van der Waals surface area contributed by atoms with Crippen molar-refractivity contribution in [3.05, 3.63) is 24.3 Å². The molecular weight excluding hydrogens is 188 g/mol. The molecule has 1 aromatic carbocycles. The molecule has 0 saturated carbocycles. The van der Waals surface area contributed by atoms with Gasteiger partial charge in [-0.2, -0.15) is 0 Å². The minimum atomic E-state index is -0.0696. The van der Waals surface area contributed by atoms with Gasteiger partial charge in [-0.05, 0) is 18.6 Å². The highest BCUT2D eigenvalue weighted by Gasteiger charge is 2.23. The Bertz CT molecular complexity index is 362. The monoisotopic (exact) mass is 204 g/mol. The largest absolute Gasteiger partial charge is 0.372 e. The van der Waals surface area contributed by atoms with Gasteiger partial charge in [0.05, 0.1) is 11.4 Å². The van der Waals surface area contributed by atoms with Gasteiger partial charge in [0.2, 0.25) is 5.91 Å². The molecule has 1 amide bonds. The third-order valence-corrected chi connectivity index (χ3v) is 2.68. The van der Waals surface area contributed by atoms with Gasteiger partial charge < -0.3 is 10.6 Å². The number of rotatable bonds is 3. The highest BCUT2D eigenvalue weighted by molar-refractivity contribution is 6.02. The third-order valence-electron chi connectivity index (χ3n) is 2.68. The summed E-state index contributed by atoms with van der Waals surface area (Å²) in [5, 5.41) is 6.19. The topological polar surface area (TPSA) is 41.1 Å². The van der Waals surface area contributed by atoms with E-state index in [4.69, 9.17) is 0 Å². The van der Waals surface area contributed by atoms with Crippen LogP contribution in [0.25, 0.3) is 0 Å². The van der Waals surface area contributed by atoms with Gasteiger partial charge in [0.15, 0.2) is 0 Å². The normalized spacial score (nSPS) is 19.0. The van der Waals surface area contributed by atoms with E-state index in [2.05, 4.69) is 17.6 Å². The van der Waals surface area contributed by atoms with E-state index in [9.17, 15) is 4.79 Å². The van der Waals surface area contributed by atoms with Crippen LogP contribution in [0.2, 0.25) is 0 Å². The van der Waals surface area contributed by atoms with Crippen molar-refractivity contribution in [1.29, 1.82) is 0 Å². The molecule has 3 heteroatoms. The number of fused-ring (bicyclic) bond motifs is 1. The lowest BCUT2D eigenvalue weighted by molar-refractivity contribution is -0.117. The Morgan fingerprint density at radius 2 is 2.00 bits per heavy atom. The van der Waals surface area contributed by atoms with Crippen molar-refractivity contribution < 1.29 is 4.79 Å². The molecule has 0 saturated heterocycles. The fourth-order valence-corrected chi connectivity index (χ4v) is 1.80. The van der Waals surface area contributed by atoms with Crippen LogP contribution in [0.3, 0.4) is 0 Å². The zero-order valence-corrected chi connectivity index (χ0v) is 8.92. The maximum Gasteiger partial charge on any atom is 0.246 e. The number of anilines is 2. The first-order chi connectivity index (χ1) is 7.31. The van der Waals surface area contributed by atoms with Gasteiger partial charge in [-0.1, -0.05) is 31.9 Å². The van der Waals surface area contributed by atoms with Gasteiger partial charge in [0.1, 0.15) is 6.04 Å². The Balaban J connectivity index is 2.11. The van der Waals surface area contributed by atoms with Crippen molar-refractivity contribution >= 4 is 17.3 Å². The van der Waals surface area contributed by atoms with Crippen LogP contribution in [0.1, 0.15) is 26.2 Å². The molecule has 1 aromatic rings. The lowest BCUT2D eigenvalue weighted by Crippen LogP contribution is -2.38. The number of nitrogens with one attached hydrogen (secondary N) is 2. The van der Waals surface area contributed by atoms with Crippen molar-refractivity contribution in [3.8, 4) is 0 Å². The van der Waals surface area contributed by atoms with Crippen LogP contribution in [0.5, 0.6) is 0 Å². The second-order valence-corrected chi connectivity index (χ2v) is 3.87. The summed E-state index contributed by atoms with van der Waals surface area (Å²) >= 11 is 0. The summed E-state index contributed by atoms with van der Waals surface area (Å²) in [6.45, 7) is 2.13. The second kappa shape index (κ2) is 4.34. The Morgan fingerprint density at radius 1 is 1.27 bits per heavy atom. The molecule has 0 bridgehead atoms. The van der Waals surface area contributed by atoms with Gasteiger partial charge in [-0.15, -0.1) is 0 Å². The van der Waals surface area contributed by atoms with Crippen LogP contribution < -0.4 is 10.6 Å². The average Bonchev–Trinajstić information content (AvgIpc) is 2.26. The Kier molecular flexibility index (Phi) is 2.90. The first kappa shape index (κ1) is 10.0. The predicted molar refractivity (Wildman–Crippen MR) is 62.0 cm³/mol. The Morgan fingerprint density at radius 3 is 2.73 bits per heavy atom. The van der Waals surface area contributed by atoms with Gasteiger partial charge >= 0.3 is 0 Å². The Hall–Kier alpha value is -1.51. The lowest BCUT2D eigenvalue weighted by Gasteiger charge is -2.26. The minimum Gasteiger partial charge on any atom is -0.372 e. The summed E-state index contributed by atoms with van der Waals surface area (Å²) in [4.78, 5) is 11.7. The van der Waals surface area contributed by atoms with E-state index < -0.39 is 0 Å². The molecule has 0 spiro atoms. The molecule has 80 valence electrons. The highest BCUT2D eigenvalue weighted by atomic mass is 16.2. The predicted octanol–water partition coefficient (Wildman–Crippen LogP) is 2.61. The van der Waals surface area contributed by atoms with Crippen LogP contribution >= 0.6 is 0 Å². The highest BCUT2D eigenvalue weighted by Crippen LogP contribution is 2.27. The van der Waals surface area contributed by atoms with Gasteiger partial charge in [0.25, 0.3) is 0 Å². The molecule has 1 aliphatic rings. The molecule has 1 aliphatic heterocycles. The molecule has 1 heterocycles. The van der Waals surface area contributed by atoms with Crippen molar-refractivity contribution in [1.82, 2.24) is 0 Å². The van der Waals surface area contributed by atoms with E-state index >= 15 is 0 Å². The molecule has 0 aromatic heterocycles. The number of hydrogen-bond donors (Lipinski definition) is 2. The zero-order chi connectivity index (χ0) is 10.7. The first-order valence-corrected chi connectivity index (χ1v) is 5.47. The number of benzene rings is 1. The summed E-state index contributed by atoms with van der Waals surface area (Å²) in [5.74, 6) is 0.0853. The van der Waals surface area contributed by atoms with E-state index in [1.54, 1.807) is 0 Å². The van der Waals surface area contributed by atoms with Gasteiger partial charge in [-0.25, -0.2) is 0 Å². The number of unbranched alkanes of at least 4 members (excludes halogenated alkanes) is 1. The number of amides is 1. The van der Waals surface area contributed by atoms with E-state index in [1.807, 2.05) is 24.3 Å². The Labute approximate surface area is 89.9 Å². The third kappa shape index (κ3) is 2.12. The molecule has 0 fully saturated rings. The van der Waals surface area contributed by atoms with Crippen LogP contribution in [-0.2, 0) is 4.79 Å². The molecular formula is C12H16N2O. The number of hydrogen-bond acceptors (Lipinski definition) is 2. The van der Waals surface area contributed by atoms with Gasteiger partial charge in [-0.3, -0.25) is 4.79 Å². The van der Waals surface area contributed by atoms with Crippen LogP contribution in [0.4, 0.5) is 11.4 Å². The van der Waals surface area contributed by atoms with E-state index in [1.165, 1.54) is 0 Å². The van der Waals surface area contributed by atoms with E-state index in [0.717, 1.165) is 30.6 Å².